The molecule has 182 valence electrons. The zero-order valence-electron chi connectivity index (χ0n) is 20.2. The maximum atomic E-state index is 10.8. The Bertz CT molecular complexity index is 1080. The molecule has 0 saturated heterocycles. The molecule has 2 atom stereocenters. The van der Waals surface area contributed by atoms with Crippen molar-refractivity contribution in [3.05, 3.63) is 45.6 Å². The average Bonchev–Trinajstić information content (AvgIpc) is 3.63. The molecule has 0 radical (unpaired) electrons. The SMILES string of the molecule is CNc1ccc(Nc2cc(C)c(Br)cc2C2CC2)nc1C(=N)OC1CCC(OC=O)C(C)(C)C1. The molecule has 8 heteroatoms. The number of nitrogens with one attached hydrogen (secondary N) is 3. The summed E-state index contributed by atoms with van der Waals surface area (Å²) >= 11 is 3.66. The van der Waals surface area contributed by atoms with Gasteiger partial charge in [0.25, 0.3) is 6.47 Å². The van der Waals surface area contributed by atoms with Crippen LogP contribution in [0.3, 0.4) is 0 Å². The molecule has 2 saturated carbocycles. The molecule has 0 aliphatic heterocycles. The van der Waals surface area contributed by atoms with E-state index >= 15 is 0 Å². The summed E-state index contributed by atoms with van der Waals surface area (Å²) in [6, 6.07) is 8.19. The first kappa shape index (κ1) is 24.5. The predicted molar refractivity (Wildman–Crippen MR) is 138 cm³/mol. The number of carbonyl (C=O) groups is 1. The van der Waals surface area contributed by atoms with Gasteiger partial charge in [-0.25, -0.2) is 4.98 Å². The number of halogens is 1. The number of ether oxygens (including phenoxy) is 2. The van der Waals surface area contributed by atoms with Crippen LogP contribution in [-0.2, 0) is 14.3 Å². The maximum absolute atomic E-state index is 10.8. The van der Waals surface area contributed by atoms with Gasteiger partial charge in [-0.2, -0.15) is 0 Å². The summed E-state index contributed by atoms with van der Waals surface area (Å²) in [5, 5.41) is 15.3. The molecular formula is C26H33BrN4O3. The number of rotatable bonds is 8. The summed E-state index contributed by atoms with van der Waals surface area (Å²) in [5.74, 6) is 1.30. The van der Waals surface area contributed by atoms with Crippen LogP contribution in [0.5, 0.6) is 0 Å². The number of nitrogens with zero attached hydrogens (tertiary/aromatic N) is 1. The third-order valence-electron chi connectivity index (χ3n) is 6.87. The highest BCUT2D eigenvalue weighted by molar-refractivity contribution is 9.10. The Kier molecular flexibility index (Phi) is 7.17. The van der Waals surface area contributed by atoms with Crippen LogP contribution in [0.2, 0.25) is 0 Å². The Morgan fingerprint density at radius 3 is 2.62 bits per heavy atom. The predicted octanol–water partition coefficient (Wildman–Crippen LogP) is 6.28. The van der Waals surface area contributed by atoms with Gasteiger partial charge in [-0.15, -0.1) is 0 Å². The Morgan fingerprint density at radius 1 is 1.21 bits per heavy atom. The summed E-state index contributed by atoms with van der Waals surface area (Å²) in [6.07, 6.45) is 4.28. The van der Waals surface area contributed by atoms with Gasteiger partial charge < -0.3 is 20.1 Å². The molecule has 1 heterocycles. The lowest BCUT2D eigenvalue weighted by atomic mass is 9.73. The fraction of sp³-hybridized carbons (Fsp3) is 0.500. The molecule has 3 N–H and O–H groups in total. The van der Waals surface area contributed by atoms with Crippen LogP contribution >= 0.6 is 15.9 Å². The van der Waals surface area contributed by atoms with E-state index in [0.717, 1.165) is 27.8 Å². The second kappa shape index (κ2) is 9.94. The summed E-state index contributed by atoms with van der Waals surface area (Å²) in [5.41, 5.74) is 4.50. The van der Waals surface area contributed by atoms with Crippen molar-refractivity contribution >= 4 is 45.5 Å². The van der Waals surface area contributed by atoms with Gasteiger partial charge in [0.2, 0.25) is 5.90 Å². The first-order valence-electron chi connectivity index (χ1n) is 11.8. The van der Waals surface area contributed by atoms with Gasteiger partial charge in [0, 0.05) is 22.6 Å². The van der Waals surface area contributed by atoms with Crippen molar-refractivity contribution in [2.75, 3.05) is 17.7 Å². The molecule has 2 unspecified atom stereocenters. The number of anilines is 3. The second-order valence-electron chi connectivity index (χ2n) is 9.99. The molecule has 4 rings (SSSR count). The molecule has 2 fully saturated rings. The summed E-state index contributed by atoms with van der Waals surface area (Å²) < 4.78 is 12.5. The molecule has 2 aliphatic carbocycles. The molecular weight excluding hydrogens is 496 g/mol. The monoisotopic (exact) mass is 528 g/mol. The number of carbonyl (C=O) groups excluding carboxylic acids is 1. The molecule has 1 aromatic heterocycles. The van der Waals surface area contributed by atoms with Gasteiger partial charge in [0.05, 0.1) is 5.69 Å². The number of hydrogen-bond donors (Lipinski definition) is 3. The highest BCUT2D eigenvalue weighted by Crippen LogP contribution is 2.45. The van der Waals surface area contributed by atoms with E-state index in [-0.39, 0.29) is 23.5 Å². The Labute approximate surface area is 209 Å². The lowest BCUT2D eigenvalue weighted by Gasteiger charge is -2.40. The van der Waals surface area contributed by atoms with Crippen LogP contribution in [0.25, 0.3) is 0 Å². The van der Waals surface area contributed by atoms with E-state index < -0.39 is 0 Å². The number of pyridine rings is 1. The summed E-state index contributed by atoms with van der Waals surface area (Å²) in [4.78, 5) is 15.6. The van der Waals surface area contributed by atoms with Crippen molar-refractivity contribution in [2.45, 2.75) is 71.0 Å². The first-order valence-corrected chi connectivity index (χ1v) is 12.6. The highest BCUT2D eigenvalue weighted by Gasteiger charge is 2.39. The standard InChI is InChI=1S/C26H33BrN4O3/c1-15-11-21(18(12-19(15)27)16-5-6-16)30-23-10-8-20(29-4)24(31-23)25(28)34-17-7-9-22(33-14-32)26(2,3)13-17/h8,10-12,14,16-17,22,28-29H,5-7,9,13H2,1-4H3,(H,30,31). The fourth-order valence-corrected chi connectivity index (χ4v) is 5.13. The second-order valence-corrected chi connectivity index (χ2v) is 10.8. The number of aryl methyl sites for hydroxylation is 1. The fourth-order valence-electron chi connectivity index (χ4n) is 4.77. The normalized spacial score (nSPS) is 21.4. The van der Waals surface area contributed by atoms with Gasteiger partial charge in [0.15, 0.2) is 0 Å². The summed E-state index contributed by atoms with van der Waals surface area (Å²) in [6.45, 7) is 6.74. The van der Waals surface area contributed by atoms with Crippen LogP contribution in [-0.4, -0.2) is 36.6 Å². The van der Waals surface area contributed by atoms with Crippen molar-refractivity contribution in [1.82, 2.24) is 4.98 Å². The van der Waals surface area contributed by atoms with E-state index in [4.69, 9.17) is 19.9 Å². The smallest absolute Gasteiger partial charge is 0.293 e. The largest absolute Gasteiger partial charge is 0.473 e. The Morgan fingerprint density at radius 2 is 1.97 bits per heavy atom. The lowest BCUT2D eigenvalue weighted by Crippen LogP contribution is -2.41. The van der Waals surface area contributed by atoms with Gasteiger partial charge in [0.1, 0.15) is 23.7 Å². The van der Waals surface area contributed by atoms with Crippen LogP contribution in [0.15, 0.2) is 28.7 Å². The topological polar surface area (TPSA) is 96.3 Å². The van der Waals surface area contributed by atoms with Crippen molar-refractivity contribution in [1.29, 1.82) is 5.41 Å². The average molecular weight is 529 g/mol. The molecule has 0 amide bonds. The van der Waals surface area contributed by atoms with Crippen molar-refractivity contribution in [2.24, 2.45) is 5.41 Å². The molecule has 0 bridgehead atoms. The van der Waals surface area contributed by atoms with E-state index in [2.05, 4.69) is 59.5 Å². The molecule has 7 nitrogen and oxygen atoms in total. The Hall–Kier alpha value is -2.61. The van der Waals surface area contributed by atoms with Crippen molar-refractivity contribution in [3.8, 4) is 0 Å². The molecule has 34 heavy (non-hydrogen) atoms. The van der Waals surface area contributed by atoms with E-state index in [1.807, 2.05) is 19.2 Å². The molecule has 1 aromatic carbocycles. The third-order valence-corrected chi connectivity index (χ3v) is 7.73. The van der Waals surface area contributed by atoms with Crippen LogP contribution < -0.4 is 10.6 Å². The number of benzene rings is 1. The van der Waals surface area contributed by atoms with Gasteiger partial charge in [-0.05, 0) is 80.3 Å². The molecule has 2 aromatic rings. The summed E-state index contributed by atoms with van der Waals surface area (Å²) in [7, 11) is 1.81. The maximum Gasteiger partial charge on any atom is 0.293 e. The van der Waals surface area contributed by atoms with E-state index in [0.29, 0.717) is 36.7 Å². The zero-order chi connectivity index (χ0) is 24.5. The third kappa shape index (κ3) is 5.37. The highest BCUT2D eigenvalue weighted by atomic mass is 79.9. The minimum absolute atomic E-state index is 0.0398. The zero-order valence-corrected chi connectivity index (χ0v) is 21.8. The molecule has 0 spiro atoms. The van der Waals surface area contributed by atoms with Gasteiger partial charge in [-0.1, -0.05) is 29.8 Å². The van der Waals surface area contributed by atoms with Crippen LogP contribution in [0, 0.1) is 17.7 Å². The quantitative estimate of drug-likeness (QED) is 0.212. The van der Waals surface area contributed by atoms with Gasteiger partial charge >= 0.3 is 0 Å². The van der Waals surface area contributed by atoms with E-state index in [1.54, 1.807) is 0 Å². The number of hydrogen-bond acceptors (Lipinski definition) is 7. The van der Waals surface area contributed by atoms with E-state index in [9.17, 15) is 4.79 Å². The lowest BCUT2D eigenvalue weighted by molar-refractivity contribution is -0.145. The van der Waals surface area contributed by atoms with Gasteiger partial charge in [-0.3, -0.25) is 10.2 Å². The van der Waals surface area contributed by atoms with Crippen LogP contribution in [0.4, 0.5) is 17.2 Å². The van der Waals surface area contributed by atoms with Crippen LogP contribution in [0.1, 0.15) is 68.7 Å². The number of aromatic nitrogens is 1. The van der Waals surface area contributed by atoms with Crippen molar-refractivity contribution < 1.29 is 14.3 Å². The molecule has 2 aliphatic rings. The van der Waals surface area contributed by atoms with Crippen molar-refractivity contribution in [3.63, 3.8) is 0 Å². The minimum Gasteiger partial charge on any atom is -0.473 e. The Balaban J connectivity index is 1.53. The first-order chi connectivity index (χ1) is 16.2. The van der Waals surface area contributed by atoms with E-state index in [1.165, 1.54) is 18.4 Å². The minimum atomic E-state index is -0.217.